The molecule has 2 aromatic rings. The van der Waals surface area contributed by atoms with Gasteiger partial charge in [0.1, 0.15) is 17.5 Å². The summed E-state index contributed by atoms with van der Waals surface area (Å²) in [5, 5.41) is 0. The largest absolute Gasteiger partial charge is 0.326 e. The van der Waals surface area contributed by atoms with Crippen molar-refractivity contribution in [1.29, 1.82) is 0 Å². The van der Waals surface area contributed by atoms with Crippen LogP contribution in [0.3, 0.4) is 0 Å². The summed E-state index contributed by atoms with van der Waals surface area (Å²) in [5.41, 5.74) is 2.10. The molecule has 2 heterocycles. The summed E-state index contributed by atoms with van der Waals surface area (Å²) in [6.07, 6.45) is 2.70. The Morgan fingerprint density at radius 1 is 1.26 bits per heavy atom. The molecule has 0 saturated heterocycles. The topological polar surface area (TPSA) is 29.0 Å². The second-order valence-electron chi connectivity index (χ2n) is 5.10. The number of benzene rings is 1. The molecule has 1 aromatic heterocycles. The summed E-state index contributed by atoms with van der Waals surface area (Å²) in [6, 6.07) is 6.84. The van der Waals surface area contributed by atoms with E-state index in [9.17, 15) is 4.39 Å². The molecule has 19 heavy (non-hydrogen) atoms. The third-order valence-electron chi connectivity index (χ3n) is 3.40. The second kappa shape index (κ2) is 4.61. The Morgan fingerprint density at radius 3 is 2.89 bits per heavy atom. The van der Waals surface area contributed by atoms with Gasteiger partial charge in [0.05, 0.1) is 0 Å². The molecule has 0 bridgehead atoms. The molecule has 0 spiro atoms. The molecule has 0 unspecified atom stereocenters. The van der Waals surface area contributed by atoms with Gasteiger partial charge in [0.25, 0.3) is 0 Å². The zero-order valence-electron chi connectivity index (χ0n) is 11.1. The van der Waals surface area contributed by atoms with E-state index < -0.39 is 0 Å². The summed E-state index contributed by atoms with van der Waals surface area (Å²) in [4.78, 5) is 10.9. The van der Waals surface area contributed by atoms with Gasteiger partial charge in [0.2, 0.25) is 0 Å². The Hall–Kier alpha value is -1.97. The molecule has 1 aliphatic heterocycles. The predicted octanol–water partition coefficient (Wildman–Crippen LogP) is 3.43. The van der Waals surface area contributed by atoms with Crippen LogP contribution in [-0.4, -0.2) is 16.5 Å². The van der Waals surface area contributed by atoms with Gasteiger partial charge in [-0.15, -0.1) is 0 Å². The van der Waals surface area contributed by atoms with Crippen molar-refractivity contribution in [3.63, 3.8) is 0 Å². The lowest BCUT2D eigenvalue weighted by atomic mass is 10.2. The fourth-order valence-corrected chi connectivity index (χ4v) is 2.38. The van der Waals surface area contributed by atoms with Crippen molar-refractivity contribution in [2.24, 2.45) is 0 Å². The highest BCUT2D eigenvalue weighted by atomic mass is 19.1. The number of halogens is 1. The van der Waals surface area contributed by atoms with E-state index in [2.05, 4.69) is 28.7 Å². The standard InChI is InChI=1S/C15H16FN3/c1-10(2)15-17-7-5-14(18-15)19-8-6-11-3-4-12(16)9-13(11)19/h3-5,7,9-10H,6,8H2,1-2H3. The molecule has 0 saturated carbocycles. The van der Waals surface area contributed by atoms with Crippen LogP contribution in [0.15, 0.2) is 30.5 Å². The number of nitrogens with zero attached hydrogens (tertiary/aromatic N) is 3. The Balaban J connectivity index is 2.01. The minimum Gasteiger partial charge on any atom is -0.326 e. The van der Waals surface area contributed by atoms with Gasteiger partial charge in [0, 0.05) is 24.3 Å². The Kier molecular flexibility index (Phi) is 2.93. The highest BCUT2D eigenvalue weighted by Gasteiger charge is 2.22. The van der Waals surface area contributed by atoms with Crippen molar-refractivity contribution < 1.29 is 4.39 Å². The van der Waals surface area contributed by atoms with Crippen LogP contribution in [0.25, 0.3) is 0 Å². The molecule has 1 aromatic carbocycles. The van der Waals surface area contributed by atoms with E-state index in [1.54, 1.807) is 12.3 Å². The smallest absolute Gasteiger partial charge is 0.136 e. The fourth-order valence-electron chi connectivity index (χ4n) is 2.38. The van der Waals surface area contributed by atoms with Crippen molar-refractivity contribution in [2.45, 2.75) is 26.2 Å². The molecular weight excluding hydrogens is 241 g/mol. The van der Waals surface area contributed by atoms with Crippen molar-refractivity contribution in [2.75, 3.05) is 11.4 Å². The monoisotopic (exact) mass is 257 g/mol. The van der Waals surface area contributed by atoms with Gasteiger partial charge in [-0.2, -0.15) is 0 Å². The predicted molar refractivity (Wildman–Crippen MR) is 73.2 cm³/mol. The zero-order chi connectivity index (χ0) is 13.4. The maximum absolute atomic E-state index is 13.4. The molecule has 0 aliphatic carbocycles. The lowest BCUT2D eigenvalue weighted by molar-refractivity contribution is 0.628. The maximum atomic E-state index is 13.4. The van der Waals surface area contributed by atoms with E-state index >= 15 is 0 Å². The molecule has 0 N–H and O–H groups in total. The summed E-state index contributed by atoms with van der Waals surface area (Å²) in [6.45, 7) is 4.97. The van der Waals surface area contributed by atoms with Crippen LogP contribution in [-0.2, 0) is 6.42 Å². The first-order valence-electron chi connectivity index (χ1n) is 6.54. The van der Waals surface area contributed by atoms with Gasteiger partial charge in [0.15, 0.2) is 0 Å². The molecule has 0 amide bonds. The highest BCUT2D eigenvalue weighted by molar-refractivity contribution is 5.67. The van der Waals surface area contributed by atoms with Crippen LogP contribution in [0, 0.1) is 5.82 Å². The molecule has 0 radical (unpaired) electrons. The molecule has 1 aliphatic rings. The maximum Gasteiger partial charge on any atom is 0.136 e. The van der Waals surface area contributed by atoms with Gasteiger partial charge in [-0.25, -0.2) is 14.4 Å². The van der Waals surface area contributed by atoms with Gasteiger partial charge in [-0.3, -0.25) is 0 Å². The molecule has 3 nitrogen and oxygen atoms in total. The van der Waals surface area contributed by atoms with Gasteiger partial charge in [-0.05, 0) is 30.2 Å². The van der Waals surface area contributed by atoms with E-state index in [4.69, 9.17) is 0 Å². The fraction of sp³-hybridized carbons (Fsp3) is 0.333. The SMILES string of the molecule is CC(C)c1nccc(N2CCc3ccc(F)cc32)n1. The number of anilines is 2. The summed E-state index contributed by atoms with van der Waals surface area (Å²) >= 11 is 0. The average Bonchev–Trinajstić information content (AvgIpc) is 2.81. The van der Waals surface area contributed by atoms with E-state index in [0.717, 1.165) is 30.3 Å². The summed E-state index contributed by atoms with van der Waals surface area (Å²) in [7, 11) is 0. The molecular formula is C15H16FN3. The molecule has 0 fully saturated rings. The zero-order valence-corrected chi connectivity index (χ0v) is 11.1. The Morgan fingerprint density at radius 2 is 2.11 bits per heavy atom. The van der Waals surface area contributed by atoms with Crippen LogP contribution in [0.4, 0.5) is 15.9 Å². The highest BCUT2D eigenvalue weighted by Crippen LogP contribution is 2.34. The first-order valence-corrected chi connectivity index (χ1v) is 6.54. The number of aromatic nitrogens is 2. The van der Waals surface area contributed by atoms with E-state index in [1.165, 1.54) is 11.6 Å². The summed E-state index contributed by atoms with van der Waals surface area (Å²) in [5.74, 6) is 1.75. The van der Waals surface area contributed by atoms with E-state index in [-0.39, 0.29) is 11.7 Å². The van der Waals surface area contributed by atoms with Crippen molar-refractivity contribution in [3.8, 4) is 0 Å². The van der Waals surface area contributed by atoms with Crippen LogP contribution < -0.4 is 4.90 Å². The lowest BCUT2D eigenvalue weighted by Gasteiger charge is -2.19. The molecule has 98 valence electrons. The quantitative estimate of drug-likeness (QED) is 0.825. The first kappa shape index (κ1) is 12.1. The third-order valence-corrected chi connectivity index (χ3v) is 3.40. The second-order valence-corrected chi connectivity index (χ2v) is 5.10. The van der Waals surface area contributed by atoms with Gasteiger partial charge >= 0.3 is 0 Å². The third kappa shape index (κ3) is 2.18. The van der Waals surface area contributed by atoms with Crippen LogP contribution in [0.2, 0.25) is 0 Å². The lowest BCUT2D eigenvalue weighted by Crippen LogP contribution is -2.16. The molecule has 0 atom stereocenters. The first-order chi connectivity index (χ1) is 9.15. The Bertz CT molecular complexity index is 610. The van der Waals surface area contributed by atoms with E-state index in [1.807, 2.05) is 12.1 Å². The van der Waals surface area contributed by atoms with Crippen molar-refractivity contribution in [1.82, 2.24) is 9.97 Å². The van der Waals surface area contributed by atoms with Gasteiger partial charge in [-0.1, -0.05) is 19.9 Å². The minimum atomic E-state index is -0.205. The van der Waals surface area contributed by atoms with Gasteiger partial charge < -0.3 is 4.90 Å². The van der Waals surface area contributed by atoms with Crippen LogP contribution in [0.5, 0.6) is 0 Å². The van der Waals surface area contributed by atoms with Crippen LogP contribution >= 0.6 is 0 Å². The number of hydrogen-bond acceptors (Lipinski definition) is 3. The van der Waals surface area contributed by atoms with Crippen molar-refractivity contribution >= 4 is 11.5 Å². The Labute approximate surface area is 112 Å². The minimum absolute atomic E-state index is 0.205. The number of rotatable bonds is 2. The average molecular weight is 257 g/mol. The number of hydrogen-bond donors (Lipinski definition) is 0. The normalized spacial score (nSPS) is 14.0. The van der Waals surface area contributed by atoms with Crippen LogP contribution in [0.1, 0.15) is 31.2 Å². The summed E-state index contributed by atoms with van der Waals surface area (Å²) < 4.78 is 13.4. The number of fused-ring (bicyclic) bond motifs is 1. The van der Waals surface area contributed by atoms with E-state index in [0.29, 0.717) is 0 Å². The molecule has 3 rings (SSSR count). The molecule has 4 heteroatoms. The van der Waals surface area contributed by atoms with Crippen molar-refractivity contribution in [3.05, 3.63) is 47.7 Å².